The highest BCUT2D eigenvalue weighted by Crippen LogP contribution is 2.24. The molecule has 0 heterocycles. The number of Topliss-reactive ketones (excluding diaryl/α,β-unsaturated/α-hetero) is 1. The van der Waals surface area contributed by atoms with Crippen molar-refractivity contribution in [3.63, 3.8) is 0 Å². The Morgan fingerprint density at radius 3 is 2.72 bits per heavy atom. The molecule has 0 aliphatic rings. The third kappa shape index (κ3) is 4.74. The smallest absolute Gasteiger partial charge is 0.272 e. The first-order valence-corrected chi connectivity index (χ1v) is 7.05. The molecule has 1 aromatic rings. The summed E-state index contributed by atoms with van der Waals surface area (Å²) in [4.78, 5) is 21.9. The summed E-state index contributed by atoms with van der Waals surface area (Å²) < 4.78 is 0. The predicted octanol–water partition coefficient (Wildman–Crippen LogP) is 3.93. The molecule has 0 saturated carbocycles. The first-order chi connectivity index (χ1) is 8.54. The van der Waals surface area contributed by atoms with Crippen LogP contribution in [0.25, 0.3) is 0 Å². The van der Waals surface area contributed by atoms with Crippen molar-refractivity contribution in [1.82, 2.24) is 0 Å². The Morgan fingerprint density at radius 2 is 2.11 bits per heavy atom. The molecule has 1 rings (SSSR count). The van der Waals surface area contributed by atoms with Crippen molar-refractivity contribution in [3.05, 3.63) is 38.9 Å². The quantitative estimate of drug-likeness (QED) is 0.431. The predicted molar refractivity (Wildman–Crippen MR) is 74.5 cm³/mol. The van der Waals surface area contributed by atoms with Gasteiger partial charge in [-0.05, 0) is 25.0 Å². The number of aryl methyl sites for hydroxylation is 1. The highest BCUT2D eigenvalue weighted by molar-refractivity contribution is 9.09. The molecule has 0 atom stereocenters. The van der Waals surface area contributed by atoms with Gasteiger partial charge in [0.1, 0.15) is 5.78 Å². The largest absolute Gasteiger partial charge is 0.300 e. The lowest BCUT2D eigenvalue weighted by Crippen LogP contribution is -2.02. The lowest BCUT2D eigenvalue weighted by atomic mass is 10.0. The fraction of sp³-hybridized carbons (Fsp3) is 0.417. The van der Waals surface area contributed by atoms with Gasteiger partial charge in [0.15, 0.2) is 0 Å². The Bertz CT molecular complexity index is 451. The van der Waals surface area contributed by atoms with Crippen LogP contribution in [0.2, 0.25) is 5.02 Å². The molecular weight excluding hydrogens is 321 g/mol. The van der Waals surface area contributed by atoms with Crippen molar-refractivity contribution in [2.24, 2.45) is 0 Å². The van der Waals surface area contributed by atoms with E-state index in [1.807, 2.05) is 0 Å². The van der Waals surface area contributed by atoms with E-state index in [2.05, 4.69) is 15.9 Å². The fourth-order valence-electron chi connectivity index (χ4n) is 1.60. The van der Waals surface area contributed by atoms with Crippen molar-refractivity contribution in [1.29, 1.82) is 0 Å². The molecule has 0 unspecified atom stereocenters. The standard InChI is InChI=1S/C12H13BrClNO3/c13-7-1-2-11(16)5-3-9-8-10(14)4-6-12(9)15(17)18/h4,6,8H,1-3,5,7H2. The highest BCUT2D eigenvalue weighted by Gasteiger charge is 2.14. The molecule has 0 aliphatic carbocycles. The molecule has 0 bridgehead atoms. The molecule has 0 saturated heterocycles. The van der Waals surface area contributed by atoms with Gasteiger partial charge in [0.2, 0.25) is 0 Å². The van der Waals surface area contributed by atoms with E-state index in [0.29, 0.717) is 29.8 Å². The number of benzene rings is 1. The second kappa shape index (κ2) is 7.48. The van der Waals surface area contributed by atoms with E-state index < -0.39 is 4.92 Å². The third-order valence-corrected chi connectivity index (χ3v) is 3.30. The Labute approximate surface area is 119 Å². The number of nitrogens with zero attached hydrogens (tertiary/aromatic N) is 1. The molecule has 4 nitrogen and oxygen atoms in total. The van der Waals surface area contributed by atoms with Crippen molar-refractivity contribution in [3.8, 4) is 0 Å². The molecule has 1 aromatic carbocycles. The number of hydrogen-bond acceptors (Lipinski definition) is 3. The van der Waals surface area contributed by atoms with E-state index in [9.17, 15) is 14.9 Å². The summed E-state index contributed by atoms with van der Waals surface area (Å²) >= 11 is 9.06. The maximum absolute atomic E-state index is 11.5. The van der Waals surface area contributed by atoms with Gasteiger partial charge in [-0.2, -0.15) is 0 Å². The Kier molecular flexibility index (Phi) is 6.29. The Balaban J connectivity index is 2.68. The average molecular weight is 335 g/mol. The number of nitro groups is 1. The van der Waals surface area contributed by atoms with E-state index in [1.54, 1.807) is 6.07 Å². The van der Waals surface area contributed by atoms with Crippen LogP contribution in [0.1, 0.15) is 24.8 Å². The average Bonchev–Trinajstić information content (AvgIpc) is 2.33. The highest BCUT2D eigenvalue weighted by atomic mass is 79.9. The molecule has 0 spiro atoms. The van der Waals surface area contributed by atoms with Gasteiger partial charge in [0.25, 0.3) is 5.69 Å². The zero-order chi connectivity index (χ0) is 13.5. The van der Waals surface area contributed by atoms with Gasteiger partial charge in [0.05, 0.1) is 4.92 Å². The van der Waals surface area contributed by atoms with E-state index in [1.165, 1.54) is 12.1 Å². The van der Waals surface area contributed by atoms with Crippen LogP contribution in [0.5, 0.6) is 0 Å². The van der Waals surface area contributed by atoms with Crippen LogP contribution >= 0.6 is 27.5 Å². The van der Waals surface area contributed by atoms with Crippen LogP contribution in [-0.4, -0.2) is 16.0 Å². The summed E-state index contributed by atoms with van der Waals surface area (Å²) in [6.07, 6.45) is 1.96. The van der Waals surface area contributed by atoms with Crippen LogP contribution in [0, 0.1) is 10.1 Å². The summed E-state index contributed by atoms with van der Waals surface area (Å²) in [5, 5.41) is 12.1. The van der Waals surface area contributed by atoms with Crippen molar-refractivity contribution < 1.29 is 9.72 Å². The van der Waals surface area contributed by atoms with Crippen molar-refractivity contribution in [2.75, 3.05) is 5.33 Å². The number of hydrogen-bond donors (Lipinski definition) is 0. The number of ketones is 1. The fourth-order valence-corrected chi connectivity index (χ4v) is 2.07. The van der Waals surface area contributed by atoms with Crippen LogP contribution in [0.3, 0.4) is 0 Å². The van der Waals surface area contributed by atoms with Gasteiger partial charge in [0, 0.05) is 34.8 Å². The third-order valence-electron chi connectivity index (χ3n) is 2.50. The minimum atomic E-state index is -0.450. The summed E-state index contributed by atoms with van der Waals surface area (Å²) in [6.45, 7) is 0. The summed E-state index contributed by atoms with van der Waals surface area (Å²) in [5.74, 6) is 0.115. The van der Waals surface area contributed by atoms with E-state index in [-0.39, 0.29) is 11.5 Å². The van der Waals surface area contributed by atoms with Gasteiger partial charge < -0.3 is 0 Å². The SMILES string of the molecule is O=C(CCCBr)CCc1cc(Cl)ccc1[N+](=O)[O-]. The van der Waals surface area contributed by atoms with Crippen molar-refractivity contribution >= 4 is 39.0 Å². The van der Waals surface area contributed by atoms with Gasteiger partial charge in [-0.15, -0.1) is 0 Å². The number of nitro benzene ring substituents is 1. The van der Waals surface area contributed by atoms with Crippen LogP contribution in [-0.2, 0) is 11.2 Å². The summed E-state index contributed by atoms with van der Waals surface area (Å²) in [6, 6.07) is 4.41. The van der Waals surface area contributed by atoms with Crippen LogP contribution in [0.15, 0.2) is 18.2 Å². The maximum atomic E-state index is 11.5. The van der Waals surface area contributed by atoms with Gasteiger partial charge >= 0.3 is 0 Å². The molecule has 6 heteroatoms. The van der Waals surface area contributed by atoms with E-state index in [0.717, 1.165) is 11.8 Å². The topological polar surface area (TPSA) is 60.2 Å². The summed E-state index contributed by atoms with van der Waals surface area (Å²) in [5.41, 5.74) is 0.535. The molecule has 0 aromatic heterocycles. The normalized spacial score (nSPS) is 10.3. The second-order valence-corrected chi connectivity index (χ2v) is 5.09. The monoisotopic (exact) mass is 333 g/mol. The van der Waals surface area contributed by atoms with Gasteiger partial charge in [-0.1, -0.05) is 27.5 Å². The molecule has 98 valence electrons. The zero-order valence-corrected chi connectivity index (χ0v) is 12.0. The molecule has 18 heavy (non-hydrogen) atoms. The van der Waals surface area contributed by atoms with Crippen molar-refractivity contribution in [2.45, 2.75) is 25.7 Å². The molecular formula is C12H13BrClNO3. The van der Waals surface area contributed by atoms with Gasteiger partial charge in [-0.25, -0.2) is 0 Å². The number of carbonyl (C=O) groups excluding carboxylic acids is 1. The number of halogens is 2. The zero-order valence-electron chi connectivity index (χ0n) is 9.70. The summed E-state index contributed by atoms with van der Waals surface area (Å²) in [7, 11) is 0. The van der Waals surface area contributed by atoms with Crippen LogP contribution in [0.4, 0.5) is 5.69 Å². The number of alkyl halides is 1. The van der Waals surface area contributed by atoms with E-state index >= 15 is 0 Å². The lowest BCUT2D eigenvalue weighted by Gasteiger charge is -2.03. The number of rotatable bonds is 7. The lowest BCUT2D eigenvalue weighted by molar-refractivity contribution is -0.385. The molecule has 0 radical (unpaired) electrons. The molecule has 0 fully saturated rings. The second-order valence-electron chi connectivity index (χ2n) is 3.86. The van der Waals surface area contributed by atoms with E-state index in [4.69, 9.17) is 11.6 Å². The Morgan fingerprint density at radius 1 is 1.39 bits per heavy atom. The van der Waals surface area contributed by atoms with Gasteiger partial charge in [-0.3, -0.25) is 14.9 Å². The molecule has 0 N–H and O–H groups in total. The minimum absolute atomic E-state index is 0.0210. The van der Waals surface area contributed by atoms with Crippen LogP contribution < -0.4 is 0 Å². The molecule has 0 amide bonds. The first kappa shape index (κ1) is 15.1. The minimum Gasteiger partial charge on any atom is -0.300 e. The first-order valence-electron chi connectivity index (χ1n) is 5.55. The Hall–Kier alpha value is -0.940. The molecule has 0 aliphatic heterocycles. The number of carbonyl (C=O) groups is 1. The maximum Gasteiger partial charge on any atom is 0.272 e.